The lowest BCUT2D eigenvalue weighted by molar-refractivity contribution is 0.213. The maximum absolute atomic E-state index is 6.24. The monoisotopic (exact) mass is 236 g/mol. The Morgan fingerprint density at radius 3 is 2.69 bits per heavy atom. The van der Waals surface area contributed by atoms with Gasteiger partial charge < -0.3 is 4.74 Å². The van der Waals surface area contributed by atoms with Crippen LogP contribution in [0.5, 0.6) is 0 Å². The van der Waals surface area contributed by atoms with Crippen molar-refractivity contribution in [3.8, 4) is 0 Å². The van der Waals surface area contributed by atoms with E-state index in [2.05, 4.69) is 12.6 Å². The topological polar surface area (TPSA) is 9.23 Å². The molecule has 0 amide bonds. The average molecular weight is 237 g/mol. The molecule has 1 aromatic rings. The molecule has 1 aliphatic carbocycles. The third kappa shape index (κ3) is 2.25. The van der Waals surface area contributed by atoms with Crippen LogP contribution in [0.15, 0.2) is 36.6 Å². The van der Waals surface area contributed by atoms with E-state index in [0.29, 0.717) is 6.61 Å². The summed E-state index contributed by atoms with van der Waals surface area (Å²) in [6.45, 7) is 6.64. The molecule has 2 rings (SSSR count). The summed E-state index contributed by atoms with van der Waals surface area (Å²) in [5.41, 5.74) is 1.45. The third-order valence-corrected chi connectivity index (χ3v) is 3.51. The van der Waals surface area contributed by atoms with E-state index >= 15 is 0 Å². The molecule has 0 aromatic heterocycles. The first-order valence-corrected chi connectivity index (χ1v) is 6.11. The summed E-state index contributed by atoms with van der Waals surface area (Å²) in [5.74, 6) is 0.875. The summed E-state index contributed by atoms with van der Waals surface area (Å²) < 4.78 is 5.44. The van der Waals surface area contributed by atoms with Gasteiger partial charge in [-0.2, -0.15) is 0 Å². The highest BCUT2D eigenvalue weighted by Crippen LogP contribution is 2.54. The molecule has 1 fully saturated rings. The van der Waals surface area contributed by atoms with Crippen LogP contribution < -0.4 is 0 Å². The fraction of sp³-hybridized carbons (Fsp3) is 0.429. The smallest absolute Gasteiger partial charge is 0.0896 e. The molecular weight excluding hydrogens is 220 g/mol. The lowest BCUT2D eigenvalue weighted by Gasteiger charge is -2.18. The lowest BCUT2D eigenvalue weighted by atomic mass is 9.92. The predicted octanol–water partition coefficient (Wildman–Crippen LogP) is 4.31. The largest absolute Gasteiger partial charge is 0.499 e. The highest BCUT2D eigenvalue weighted by atomic mass is 35.5. The Morgan fingerprint density at radius 1 is 1.44 bits per heavy atom. The summed E-state index contributed by atoms with van der Waals surface area (Å²) in [4.78, 5) is 0. The Balaban J connectivity index is 2.14. The van der Waals surface area contributed by atoms with Gasteiger partial charge in [0.05, 0.1) is 12.4 Å². The highest BCUT2D eigenvalue weighted by molar-refractivity contribution is 6.31. The maximum Gasteiger partial charge on any atom is 0.0896 e. The molecule has 86 valence electrons. The van der Waals surface area contributed by atoms with Gasteiger partial charge in [-0.1, -0.05) is 36.4 Å². The Morgan fingerprint density at radius 2 is 2.12 bits per heavy atom. The van der Waals surface area contributed by atoms with Crippen molar-refractivity contribution in [2.45, 2.75) is 31.6 Å². The molecule has 1 aromatic carbocycles. The van der Waals surface area contributed by atoms with Crippen LogP contribution >= 0.6 is 11.6 Å². The van der Waals surface area contributed by atoms with Gasteiger partial charge in [0.25, 0.3) is 0 Å². The summed E-state index contributed by atoms with van der Waals surface area (Å²) in [6, 6.07) is 8.10. The second kappa shape index (κ2) is 4.50. The summed E-state index contributed by atoms with van der Waals surface area (Å²) in [7, 11) is 0. The van der Waals surface area contributed by atoms with Crippen molar-refractivity contribution in [1.82, 2.24) is 0 Å². The maximum atomic E-state index is 6.24. The van der Waals surface area contributed by atoms with Crippen LogP contribution in [0.3, 0.4) is 0 Å². The average Bonchev–Trinajstić information content (AvgIpc) is 2.99. The van der Waals surface area contributed by atoms with Gasteiger partial charge in [-0.3, -0.25) is 0 Å². The van der Waals surface area contributed by atoms with Gasteiger partial charge in [0.15, 0.2) is 0 Å². The number of benzene rings is 1. The Bertz CT molecular complexity index is 393. The summed E-state index contributed by atoms with van der Waals surface area (Å²) in [5, 5.41) is 0.865. The molecule has 1 saturated carbocycles. The molecule has 0 heterocycles. The first-order valence-electron chi connectivity index (χ1n) is 5.73. The lowest BCUT2D eigenvalue weighted by Crippen LogP contribution is -2.09. The van der Waals surface area contributed by atoms with E-state index in [4.69, 9.17) is 16.3 Å². The van der Waals surface area contributed by atoms with Crippen molar-refractivity contribution in [2.24, 2.45) is 0 Å². The van der Waals surface area contributed by atoms with Crippen molar-refractivity contribution in [2.75, 3.05) is 6.61 Å². The van der Waals surface area contributed by atoms with Crippen molar-refractivity contribution in [3.63, 3.8) is 0 Å². The van der Waals surface area contributed by atoms with E-state index < -0.39 is 0 Å². The van der Waals surface area contributed by atoms with E-state index in [1.54, 1.807) is 0 Å². The minimum absolute atomic E-state index is 0.199. The van der Waals surface area contributed by atoms with Gasteiger partial charge >= 0.3 is 0 Å². The van der Waals surface area contributed by atoms with Crippen LogP contribution in [0, 0.1) is 0 Å². The number of halogens is 1. The number of hydrogen-bond acceptors (Lipinski definition) is 1. The van der Waals surface area contributed by atoms with Crippen molar-refractivity contribution in [1.29, 1.82) is 0 Å². The van der Waals surface area contributed by atoms with Crippen LogP contribution in [0.25, 0.3) is 0 Å². The molecular formula is C14H17ClO. The van der Waals surface area contributed by atoms with Gasteiger partial charge in [0.1, 0.15) is 0 Å². The molecule has 1 aliphatic rings. The van der Waals surface area contributed by atoms with Crippen LogP contribution in [-0.2, 0) is 10.2 Å². The van der Waals surface area contributed by atoms with Gasteiger partial charge in [-0.15, -0.1) is 0 Å². The second-order valence-electron chi connectivity index (χ2n) is 4.41. The van der Waals surface area contributed by atoms with Gasteiger partial charge in [0, 0.05) is 16.9 Å². The van der Waals surface area contributed by atoms with Crippen LogP contribution in [0.1, 0.15) is 31.7 Å². The Hall–Kier alpha value is -0.950. The standard InChI is InChI=1S/C14H17ClO/c1-3-16-11(2)10-14(8-9-14)12-6-4-5-7-13(12)15/h4-7H,2-3,8-10H2,1H3. The molecule has 1 nitrogen and oxygen atoms in total. The van der Waals surface area contributed by atoms with E-state index in [0.717, 1.165) is 17.2 Å². The van der Waals surface area contributed by atoms with E-state index in [9.17, 15) is 0 Å². The third-order valence-electron chi connectivity index (χ3n) is 3.18. The summed E-state index contributed by atoms with van der Waals surface area (Å²) >= 11 is 6.24. The first-order chi connectivity index (χ1) is 7.68. The second-order valence-corrected chi connectivity index (χ2v) is 4.82. The zero-order chi connectivity index (χ0) is 11.6. The number of allylic oxidation sites excluding steroid dienone is 1. The quantitative estimate of drug-likeness (QED) is 0.693. The van der Waals surface area contributed by atoms with Crippen LogP contribution in [0.4, 0.5) is 0 Å². The normalized spacial score (nSPS) is 16.9. The molecule has 0 spiro atoms. The van der Waals surface area contributed by atoms with Crippen LogP contribution in [-0.4, -0.2) is 6.61 Å². The zero-order valence-electron chi connectivity index (χ0n) is 9.63. The summed E-state index contributed by atoms with van der Waals surface area (Å²) in [6.07, 6.45) is 3.26. The van der Waals surface area contributed by atoms with Gasteiger partial charge in [-0.25, -0.2) is 0 Å². The minimum atomic E-state index is 0.199. The molecule has 0 radical (unpaired) electrons. The molecule has 0 saturated heterocycles. The molecule has 0 bridgehead atoms. The SMILES string of the molecule is C=C(CC1(c2ccccc2Cl)CC1)OCC. The molecule has 0 unspecified atom stereocenters. The predicted molar refractivity (Wildman–Crippen MR) is 67.7 cm³/mol. The molecule has 0 aliphatic heterocycles. The number of hydrogen-bond donors (Lipinski definition) is 0. The van der Waals surface area contributed by atoms with E-state index in [1.165, 1.54) is 18.4 Å². The molecule has 0 N–H and O–H groups in total. The molecule has 16 heavy (non-hydrogen) atoms. The fourth-order valence-corrected chi connectivity index (χ4v) is 2.55. The zero-order valence-corrected chi connectivity index (χ0v) is 10.4. The van der Waals surface area contributed by atoms with Crippen molar-refractivity contribution >= 4 is 11.6 Å². The molecule has 2 heteroatoms. The fourth-order valence-electron chi connectivity index (χ4n) is 2.22. The first kappa shape index (κ1) is 11.5. The minimum Gasteiger partial charge on any atom is -0.499 e. The molecule has 0 atom stereocenters. The van der Waals surface area contributed by atoms with Crippen molar-refractivity contribution < 1.29 is 4.74 Å². The van der Waals surface area contributed by atoms with E-state index in [-0.39, 0.29) is 5.41 Å². The Kier molecular flexibility index (Phi) is 3.25. The Labute approximate surface area is 102 Å². The van der Waals surface area contributed by atoms with Gasteiger partial charge in [-0.05, 0) is 31.4 Å². The highest BCUT2D eigenvalue weighted by Gasteiger charge is 2.45. The van der Waals surface area contributed by atoms with E-state index in [1.807, 2.05) is 25.1 Å². The van der Waals surface area contributed by atoms with Crippen LogP contribution in [0.2, 0.25) is 5.02 Å². The number of rotatable bonds is 5. The van der Waals surface area contributed by atoms with Crippen molar-refractivity contribution in [3.05, 3.63) is 47.2 Å². The van der Waals surface area contributed by atoms with Gasteiger partial charge in [0.2, 0.25) is 0 Å². The number of ether oxygens (including phenoxy) is 1.